The first-order chi connectivity index (χ1) is 8.70. The van der Waals surface area contributed by atoms with Gasteiger partial charge in [0, 0.05) is 6.04 Å². The van der Waals surface area contributed by atoms with E-state index in [1.54, 1.807) is 7.11 Å². The molecular formula is C16H25NO. The molecule has 1 heterocycles. The highest BCUT2D eigenvalue weighted by molar-refractivity contribution is 5.43. The fraction of sp³-hybridized carbons (Fsp3) is 0.625. The topological polar surface area (TPSA) is 21.3 Å². The van der Waals surface area contributed by atoms with Gasteiger partial charge >= 0.3 is 0 Å². The van der Waals surface area contributed by atoms with Crippen molar-refractivity contribution in [1.82, 2.24) is 5.32 Å². The smallest absolute Gasteiger partial charge is 0.124 e. The van der Waals surface area contributed by atoms with Crippen molar-refractivity contribution in [2.45, 2.75) is 52.0 Å². The number of nitrogens with one attached hydrogen (secondary N) is 1. The third-order valence-corrected chi connectivity index (χ3v) is 3.87. The second kappa shape index (κ2) is 6.24. The molecule has 0 saturated carbocycles. The maximum absolute atomic E-state index is 5.55. The van der Waals surface area contributed by atoms with Crippen molar-refractivity contribution in [2.24, 2.45) is 0 Å². The minimum atomic E-state index is 0.698. The van der Waals surface area contributed by atoms with Crippen molar-refractivity contribution < 1.29 is 4.74 Å². The van der Waals surface area contributed by atoms with Crippen LogP contribution in [0, 0.1) is 13.8 Å². The summed E-state index contributed by atoms with van der Waals surface area (Å²) in [6.45, 7) is 5.48. The van der Waals surface area contributed by atoms with Gasteiger partial charge in [-0.25, -0.2) is 0 Å². The Morgan fingerprint density at radius 1 is 1.28 bits per heavy atom. The maximum atomic E-state index is 5.55. The molecule has 0 aromatic heterocycles. The van der Waals surface area contributed by atoms with Crippen molar-refractivity contribution in [3.8, 4) is 5.75 Å². The molecule has 1 aromatic rings. The van der Waals surface area contributed by atoms with Crippen molar-refractivity contribution in [3.05, 3.63) is 28.8 Å². The van der Waals surface area contributed by atoms with E-state index in [0.29, 0.717) is 6.04 Å². The van der Waals surface area contributed by atoms with Crippen LogP contribution in [0.25, 0.3) is 0 Å². The molecule has 0 radical (unpaired) electrons. The van der Waals surface area contributed by atoms with Crippen LogP contribution in [0.5, 0.6) is 5.75 Å². The van der Waals surface area contributed by atoms with Gasteiger partial charge in [-0.15, -0.1) is 0 Å². The molecule has 18 heavy (non-hydrogen) atoms. The van der Waals surface area contributed by atoms with Gasteiger partial charge in [0.1, 0.15) is 5.75 Å². The minimum Gasteiger partial charge on any atom is -0.496 e. The number of hydrogen-bond acceptors (Lipinski definition) is 2. The molecule has 1 aromatic carbocycles. The van der Waals surface area contributed by atoms with Gasteiger partial charge in [-0.05, 0) is 57.2 Å². The van der Waals surface area contributed by atoms with Crippen LogP contribution < -0.4 is 10.1 Å². The van der Waals surface area contributed by atoms with E-state index in [0.717, 1.165) is 12.2 Å². The fourth-order valence-corrected chi connectivity index (χ4v) is 3.02. The van der Waals surface area contributed by atoms with Gasteiger partial charge in [-0.2, -0.15) is 0 Å². The highest BCUT2D eigenvalue weighted by Crippen LogP contribution is 2.27. The molecule has 100 valence electrons. The number of benzene rings is 1. The summed E-state index contributed by atoms with van der Waals surface area (Å²) in [4.78, 5) is 0. The second-order valence-corrected chi connectivity index (χ2v) is 5.46. The number of aryl methyl sites for hydroxylation is 3. The van der Waals surface area contributed by atoms with Crippen LogP contribution in [-0.2, 0) is 6.42 Å². The first-order valence-corrected chi connectivity index (χ1v) is 7.08. The third-order valence-electron chi connectivity index (χ3n) is 3.87. The molecule has 1 saturated heterocycles. The highest BCUT2D eigenvalue weighted by Gasteiger charge is 2.14. The zero-order valence-electron chi connectivity index (χ0n) is 11.9. The lowest BCUT2D eigenvalue weighted by Crippen LogP contribution is -2.34. The lowest BCUT2D eigenvalue weighted by atomic mass is 9.95. The molecule has 2 heteroatoms. The van der Waals surface area contributed by atoms with Gasteiger partial charge in [-0.3, -0.25) is 0 Å². The Hall–Kier alpha value is -1.02. The Morgan fingerprint density at radius 3 is 2.78 bits per heavy atom. The van der Waals surface area contributed by atoms with E-state index in [2.05, 4.69) is 31.3 Å². The van der Waals surface area contributed by atoms with E-state index in [9.17, 15) is 0 Å². The van der Waals surface area contributed by atoms with E-state index in [-0.39, 0.29) is 0 Å². The Labute approximate surface area is 111 Å². The molecule has 1 aliphatic rings. The van der Waals surface area contributed by atoms with E-state index in [1.165, 1.54) is 48.9 Å². The fourth-order valence-electron chi connectivity index (χ4n) is 3.02. The number of rotatable bonds is 4. The van der Waals surface area contributed by atoms with Crippen LogP contribution in [0.15, 0.2) is 12.1 Å². The normalized spacial score (nSPS) is 19.8. The zero-order chi connectivity index (χ0) is 13.0. The number of methoxy groups -OCH3 is 1. The molecule has 0 bridgehead atoms. The minimum absolute atomic E-state index is 0.698. The molecule has 1 fully saturated rings. The van der Waals surface area contributed by atoms with Crippen LogP contribution in [-0.4, -0.2) is 19.7 Å². The summed E-state index contributed by atoms with van der Waals surface area (Å²) in [6, 6.07) is 5.17. The predicted octanol–water partition coefficient (Wildman–Crippen LogP) is 3.39. The summed E-state index contributed by atoms with van der Waals surface area (Å²) in [7, 11) is 1.78. The van der Waals surface area contributed by atoms with E-state index in [1.807, 2.05) is 0 Å². The summed E-state index contributed by atoms with van der Waals surface area (Å²) >= 11 is 0. The summed E-state index contributed by atoms with van der Waals surface area (Å²) in [5.41, 5.74) is 3.95. The molecular weight excluding hydrogens is 222 g/mol. The summed E-state index contributed by atoms with van der Waals surface area (Å²) in [5.74, 6) is 1.08. The van der Waals surface area contributed by atoms with Crippen LogP contribution in [0.3, 0.4) is 0 Å². The van der Waals surface area contributed by atoms with Crippen molar-refractivity contribution in [1.29, 1.82) is 0 Å². The van der Waals surface area contributed by atoms with Gasteiger partial charge < -0.3 is 10.1 Å². The Balaban J connectivity index is 2.03. The summed E-state index contributed by atoms with van der Waals surface area (Å²) in [5, 5.41) is 3.62. The van der Waals surface area contributed by atoms with Crippen molar-refractivity contribution in [3.63, 3.8) is 0 Å². The van der Waals surface area contributed by atoms with Crippen molar-refractivity contribution in [2.75, 3.05) is 13.7 Å². The molecule has 1 atom stereocenters. The Kier molecular flexibility index (Phi) is 4.65. The van der Waals surface area contributed by atoms with E-state index >= 15 is 0 Å². The monoisotopic (exact) mass is 247 g/mol. The predicted molar refractivity (Wildman–Crippen MR) is 76.4 cm³/mol. The highest BCUT2D eigenvalue weighted by atomic mass is 16.5. The van der Waals surface area contributed by atoms with Gasteiger partial charge in [0.25, 0.3) is 0 Å². The molecule has 1 N–H and O–H groups in total. The van der Waals surface area contributed by atoms with E-state index in [4.69, 9.17) is 4.74 Å². The summed E-state index contributed by atoms with van der Waals surface area (Å²) < 4.78 is 5.55. The number of piperidine rings is 1. The SMILES string of the molecule is COc1c(C)cc(C)cc1CCC1CCCCN1. The third kappa shape index (κ3) is 3.26. The molecule has 1 aliphatic heterocycles. The van der Waals surface area contributed by atoms with Crippen LogP contribution in [0.4, 0.5) is 0 Å². The standard InChI is InChI=1S/C16H25NO/c1-12-10-13(2)16(18-3)14(11-12)7-8-15-6-4-5-9-17-15/h10-11,15,17H,4-9H2,1-3H3. The number of ether oxygens (including phenoxy) is 1. The average molecular weight is 247 g/mol. The van der Waals surface area contributed by atoms with Crippen molar-refractivity contribution >= 4 is 0 Å². The van der Waals surface area contributed by atoms with E-state index < -0.39 is 0 Å². The Bertz CT molecular complexity index is 394. The van der Waals surface area contributed by atoms with Gasteiger partial charge in [-0.1, -0.05) is 24.1 Å². The lowest BCUT2D eigenvalue weighted by molar-refractivity contribution is 0.376. The molecule has 2 rings (SSSR count). The van der Waals surface area contributed by atoms with Crippen LogP contribution >= 0.6 is 0 Å². The molecule has 0 amide bonds. The molecule has 0 aliphatic carbocycles. The quantitative estimate of drug-likeness (QED) is 0.880. The summed E-state index contributed by atoms with van der Waals surface area (Å²) in [6.07, 6.45) is 6.38. The average Bonchev–Trinajstić information content (AvgIpc) is 2.37. The molecule has 1 unspecified atom stereocenters. The first-order valence-electron chi connectivity index (χ1n) is 7.08. The Morgan fingerprint density at radius 2 is 2.11 bits per heavy atom. The number of hydrogen-bond donors (Lipinski definition) is 1. The van der Waals surface area contributed by atoms with Gasteiger partial charge in [0.2, 0.25) is 0 Å². The zero-order valence-corrected chi connectivity index (χ0v) is 11.9. The van der Waals surface area contributed by atoms with Gasteiger partial charge in [0.15, 0.2) is 0 Å². The molecule has 2 nitrogen and oxygen atoms in total. The van der Waals surface area contributed by atoms with Crippen LogP contribution in [0.1, 0.15) is 42.4 Å². The molecule has 0 spiro atoms. The van der Waals surface area contributed by atoms with Gasteiger partial charge in [0.05, 0.1) is 7.11 Å². The lowest BCUT2D eigenvalue weighted by Gasteiger charge is -2.24. The maximum Gasteiger partial charge on any atom is 0.124 e. The first kappa shape index (κ1) is 13.4. The van der Waals surface area contributed by atoms with Crippen LogP contribution in [0.2, 0.25) is 0 Å². The largest absolute Gasteiger partial charge is 0.496 e. The second-order valence-electron chi connectivity index (χ2n) is 5.46.